The van der Waals surface area contributed by atoms with Gasteiger partial charge in [0.2, 0.25) is 0 Å². The van der Waals surface area contributed by atoms with Crippen LogP contribution in [0.15, 0.2) is 12.5 Å². The Kier molecular flexibility index (Phi) is 1.37. The maximum atomic E-state index is 12.5. The highest BCUT2D eigenvalue weighted by molar-refractivity contribution is 5.29. The normalized spacial score (nSPS) is 19.9. The molecule has 5 heteroatoms. The topological polar surface area (TPSA) is 43.8 Å². The first-order valence-electron chi connectivity index (χ1n) is 3.73. The minimum Gasteiger partial charge on any atom is -0.384 e. The van der Waals surface area contributed by atoms with Gasteiger partial charge in [0, 0.05) is 0 Å². The third-order valence-corrected chi connectivity index (χ3v) is 2.32. The summed E-state index contributed by atoms with van der Waals surface area (Å²) in [5.41, 5.74) is 4.43. The molecule has 1 aliphatic rings. The molecule has 1 heterocycles. The van der Waals surface area contributed by atoms with Crippen molar-refractivity contribution < 1.29 is 8.78 Å². The first-order valence-corrected chi connectivity index (χ1v) is 3.73. The Morgan fingerprint density at radius 1 is 1.58 bits per heavy atom. The summed E-state index contributed by atoms with van der Waals surface area (Å²) in [5.74, 6) is 0.313. The van der Waals surface area contributed by atoms with E-state index in [1.165, 1.54) is 17.1 Å². The van der Waals surface area contributed by atoms with Gasteiger partial charge in [-0.15, -0.1) is 0 Å². The fourth-order valence-electron chi connectivity index (χ4n) is 1.37. The molecule has 1 aliphatic carbocycles. The monoisotopic (exact) mass is 173 g/mol. The average molecular weight is 173 g/mol. The van der Waals surface area contributed by atoms with Crippen LogP contribution >= 0.6 is 0 Å². The molecule has 1 saturated carbocycles. The molecule has 12 heavy (non-hydrogen) atoms. The zero-order valence-corrected chi connectivity index (χ0v) is 6.37. The maximum Gasteiger partial charge on any atom is 0.261 e. The lowest BCUT2D eigenvalue weighted by molar-refractivity contribution is 0.0681. The van der Waals surface area contributed by atoms with Gasteiger partial charge in [-0.1, -0.05) is 0 Å². The van der Waals surface area contributed by atoms with Crippen molar-refractivity contribution in [1.29, 1.82) is 0 Å². The first-order chi connectivity index (χ1) is 5.67. The lowest BCUT2D eigenvalue weighted by atomic mass is 10.3. The Morgan fingerprint density at radius 2 is 2.25 bits per heavy atom. The number of nitrogens with two attached hydrogens (primary N) is 1. The van der Waals surface area contributed by atoms with Crippen LogP contribution in [0.5, 0.6) is 0 Å². The fraction of sp³-hybridized carbons (Fsp3) is 0.571. The summed E-state index contributed by atoms with van der Waals surface area (Å²) in [6, 6.07) is 0. The molecule has 3 nitrogen and oxygen atoms in total. The van der Waals surface area contributed by atoms with E-state index in [1.54, 1.807) is 0 Å². The van der Waals surface area contributed by atoms with Crippen LogP contribution in [0.3, 0.4) is 0 Å². The van der Waals surface area contributed by atoms with Crippen molar-refractivity contribution in [3.05, 3.63) is 12.5 Å². The smallest absolute Gasteiger partial charge is 0.261 e. The van der Waals surface area contributed by atoms with Gasteiger partial charge in [0.05, 0.1) is 12.5 Å². The standard InChI is InChI=1S/C7H9F2N3/c8-6(9)7(1-2-7)12-4-11-3-5(12)10/h3-4,6H,1-2,10H2. The SMILES string of the molecule is Nc1cncn1C1(C(F)F)CC1. The molecule has 1 fully saturated rings. The average Bonchev–Trinajstić information content (AvgIpc) is 2.71. The lowest BCUT2D eigenvalue weighted by Gasteiger charge is -2.16. The van der Waals surface area contributed by atoms with Crippen LogP contribution in [0, 0.1) is 0 Å². The summed E-state index contributed by atoms with van der Waals surface area (Å²) in [7, 11) is 0. The third kappa shape index (κ3) is 0.821. The van der Waals surface area contributed by atoms with Crippen molar-refractivity contribution >= 4 is 5.82 Å². The molecule has 66 valence electrons. The summed E-state index contributed by atoms with van der Waals surface area (Å²) < 4.78 is 26.4. The number of aromatic nitrogens is 2. The van der Waals surface area contributed by atoms with E-state index in [2.05, 4.69) is 4.98 Å². The van der Waals surface area contributed by atoms with Crippen LogP contribution < -0.4 is 5.73 Å². The summed E-state index contributed by atoms with van der Waals surface area (Å²) in [6.45, 7) is 0. The molecule has 0 bridgehead atoms. The number of nitrogen functional groups attached to an aromatic ring is 1. The quantitative estimate of drug-likeness (QED) is 0.730. The molecule has 0 amide bonds. The van der Waals surface area contributed by atoms with Crippen molar-refractivity contribution in [1.82, 2.24) is 9.55 Å². The largest absolute Gasteiger partial charge is 0.384 e. The second-order valence-corrected chi connectivity index (χ2v) is 3.09. The van der Waals surface area contributed by atoms with E-state index < -0.39 is 12.0 Å². The summed E-state index contributed by atoms with van der Waals surface area (Å²) in [4.78, 5) is 3.72. The minimum absolute atomic E-state index is 0.313. The molecule has 1 aromatic rings. The van der Waals surface area contributed by atoms with E-state index >= 15 is 0 Å². The van der Waals surface area contributed by atoms with E-state index in [0.29, 0.717) is 18.7 Å². The lowest BCUT2D eigenvalue weighted by Crippen LogP contribution is -2.26. The summed E-state index contributed by atoms with van der Waals surface area (Å²) >= 11 is 0. The zero-order valence-electron chi connectivity index (χ0n) is 6.37. The van der Waals surface area contributed by atoms with Gasteiger partial charge in [0.1, 0.15) is 11.4 Å². The van der Waals surface area contributed by atoms with E-state index in [4.69, 9.17) is 5.73 Å². The van der Waals surface area contributed by atoms with Gasteiger partial charge in [-0.05, 0) is 12.8 Å². The number of rotatable bonds is 2. The molecule has 0 atom stereocenters. The summed E-state index contributed by atoms with van der Waals surface area (Å²) in [6.07, 6.45) is 1.39. The van der Waals surface area contributed by atoms with Crippen molar-refractivity contribution in [2.75, 3.05) is 5.73 Å². The molecule has 1 aromatic heterocycles. The van der Waals surface area contributed by atoms with Crippen molar-refractivity contribution in [2.45, 2.75) is 24.8 Å². The van der Waals surface area contributed by atoms with Crippen LogP contribution in [-0.4, -0.2) is 16.0 Å². The highest BCUT2D eigenvalue weighted by Crippen LogP contribution is 2.49. The van der Waals surface area contributed by atoms with Gasteiger partial charge in [-0.25, -0.2) is 13.8 Å². The van der Waals surface area contributed by atoms with Gasteiger partial charge in [-0.2, -0.15) is 0 Å². The first kappa shape index (κ1) is 7.52. The predicted molar refractivity (Wildman–Crippen MR) is 39.9 cm³/mol. The molecule has 0 saturated heterocycles. The van der Waals surface area contributed by atoms with Crippen molar-refractivity contribution in [3.8, 4) is 0 Å². The molecular formula is C7H9F2N3. The Hall–Kier alpha value is -1.13. The second kappa shape index (κ2) is 2.18. The fourth-order valence-corrected chi connectivity index (χ4v) is 1.37. The molecule has 0 radical (unpaired) electrons. The van der Waals surface area contributed by atoms with E-state index in [0.717, 1.165) is 0 Å². The number of anilines is 1. The Morgan fingerprint density at radius 3 is 2.58 bits per heavy atom. The van der Waals surface area contributed by atoms with Gasteiger partial charge in [0.15, 0.2) is 0 Å². The van der Waals surface area contributed by atoms with Crippen molar-refractivity contribution in [2.24, 2.45) is 0 Å². The number of nitrogens with zero attached hydrogens (tertiary/aromatic N) is 2. The van der Waals surface area contributed by atoms with Crippen LogP contribution in [0.25, 0.3) is 0 Å². The minimum atomic E-state index is -2.35. The Bertz CT molecular complexity index is 291. The molecule has 0 aromatic carbocycles. The highest BCUT2D eigenvalue weighted by atomic mass is 19.3. The van der Waals surface area contributed by atoms with Crippen LogP contribution in [-0.2, 0) is 5.54 Å². The van der Waals surface area contributed by atoms with Gasteiger partial charge >= 0.3 is 0 Å². The molecule has 0 spiro atoms. The third-order valence-electron chi connectivity index (χ3n) is 2.32. The highest BCUT2D eigenvalue weighted by Gasteiger charge is 2.53. The zero-order chi connectivity index (χ0) is 8.77. The van der Waals surface area contributed by atoms with E-state index in [1.807, 2.05) is 0 Å². The van der Waals surface area contributed by atoms with Gasteiger partial charge in [0.25, 0.3) is 6.43 Å². The Balaban J connectivity index is 2.36. The van der Waals surface area contributed by atoms with Gasteiger partial charge in [-0.3, -0.25) is 0 Å². The van der Waals surface area contributed by atoms with E-state index in [-0.39, 0.29) is 0 Å². The van der Waals surface area contributed by atoms with Crippen LogP contribution in [0.2, 0.25) is 0 Å². The van der Waals surface area contributed by atoms with Gasteiger partial charge < -0.3 is 10.3 Å². The number of alkyl halides is 2. The molecule has 0 unspecified atom stereocenters. The Labute approximate surface area is 68.2 Å². The van der Waals surface area contributed by atoms with Crippen molar-refractivity contribution in [3.63, 3.8) is 0 Å². The molecular weight excluding hydrogens is 164 g/mol. The van der Waals surface area contributed by atoms with Crippen LogP contribution in [0.4, 0.5) is 14.6 Å². The maximum absolute atomic E-state index is 12.5. The predicted octanol–water partition coefficient (Wildman–Crippen LogP) is 1.22. The number of imidazole rings is 1. The molecule has 0 aliphatic heterocycles. The number of hydrogen-bond donors (Lipinski definition) is 1. The number of hydrogen-bond acceptors (Lipinski definition) is 2. The van der Waals surface area contributed by atoms with Crippen LogP contribution in [0.1, 0.15) is 12.8 Å². The molecule has 2 rings (SSSR count). The number of halogens is 2. The second-order valence-electron chi connectivity index (χ2n) is 3.09. The molecule has 2 N–H and O–H groups in total. The summed E-state index contributed by atoms with van der Waals surface area (Å²) in [5, 5.41) is 0. The van der Waals surface area contributed by atoms with E-state index in [9.17, 15) is 8.78 Å².